The number of ether oxygens (including phenoxy) is 1. The van der Waals surface area contributed by atoms with Crippen molar-refractivity contribution < 1.29 is 19.7 Å². The van der Waals surface area contributed by atoms with Gasteiger partial charge >= 0.3 is 0 Å². The molecule has 5 nitrogen and oxygen atoms in total. The molecule has 0 radical (unpaired) electrons. The predicted octanol–water partition coefficient (Wildman–Crippen LogP) is 1.43. The van der Waals surface area contributed by atoms with Crippen LogP contribution in [0.25, 0.3) is 0 Å². The Hall–Kier alpha value is -1.59. The molecule has 5 heteroatoms. The Bertz CT molecular complexity index is 803. The third-order valence-corrected chi connectivity index (χ3v) is 7.57. The van der Waals surface area contributed by atoms with Crippen LogP contribution in [0.4, 0.5) is 0 Å². The van der Waals surface area contributed by atoms with E-state index in [1.54, 1.807) is 6.07 Å². The Balaban J connectivity index is 1.58. The normalized spacial score (nSPS) is 43.6. The van der Waals surface area contributed by atoms with Crippen molar-refractivity contribution in [1.29, 1.82) is 0 Å². The lowest BCUT2D eigenvalue weighted by Crippen LogP contribution is -2.77. The first kappa shape index (κ1) is 14.6. The highest BCUT2D eigenvalue weighted by atomic mass is 16.5. The summed E-state index contributed by atoms with van der Waals surface area (Å²) in [5.41, 5.74) is 0.346. The fourth-order valence-electron chi connectivity index (χ4n) is 6.31. The maximum atomic E-state index is 13.3. The maximum Gasteiger partial charge on any atom is 0.177 e. The van der Waals surface area contributed by atoms with Crippen molar-refractivity contribution in [3.8, 4) is 11.5 Å². The quantitative estimate of drug-likeness (QED) is 0.758. The number of carbonyl (C=O) groups excluding carboxylic acids is 1. The molecule has 0 amide bonds. The summed E-state index contributed by atoms with van der Waals surface area (Å²) in [5.74, 6) is 1.18. The summed E-state index contributed by atoms with van der Waals surface area (Å²) in [6, 6.07) is 3.54. The summed E-state index contributed by atoms with van der Waals surface area (Å²) in [5, 5.41) is 25.8. The van der Waals surface area contributed by atoms with Crippen LogP contribution >= 0.6 is 0 Å². The second kappa shape index (κ2) is 4.38. The second-order valence-electron chi connectivity index (χ2n) is 8.78. The highest BCUT2D eigenvalue weighted by Crippen LogP contribution is 2.64. The van der Waals surface area contributed by atoms with Crippen molar-refractivity contribution in [1.82, 2.24) is 5.32 Å². The third kappa shape index (κ3) is 1.56. The Morgan fingerprint density at radius 3 is 2.96 bits per heavy atom. The van der Waals surface area contributed by atoms with E-state index in [9.17, 15) is 15.0 Å². The average Bonchev–Trinajstić information content (AvgIpc) is 3.31. The molecular weight excluding hydrogens is 318 g/mol. The standard InChI is InChI=1S/C20H23NO4/c22-13-4-3-11-8-14-20(24)9-12(7-10-1-2-10)16(23)18-19(20,5-6-21-14)15(11)17(13)25-18/h3-4,10,12,14,18,21-22,24H,1-2,5-9H2/t12?,14-,18?,19+,20-/m1/s1. The number of hydrogen-bond acceptors (Lipinski definition) is 5. The average molecular weight is 341 g/mol. The molecule has 2 saturated carbocycles. The smallest absolute Gasteiger partial charge is 0.177 e. The minimum atomic E-state index is -0.977. The number of benzene rings is 1. The maximum absolute atomic E-state index is 13.3. The van der Waals surface area contributed by atoms with Crippen molar-refractivity contribution in [3.63, 3.8) is 0 Å². The van der Waals surface area contributed by atoms with Gasteiger partial charge in [0.2, 0.25) is 0 Å². The molecule has 25 heavy (non-hydrogen) atoms. The summed E-state index contributed by atoms with van der Waals surface area (Å²) in [6.07, 6.45) is 4.55. The molecule has 6 rings (SSSR count). The first-order chi connectivity index (χ1) is 12.0. The van der Waals surface area contributed by atoms with Gasteiger partial charge in [-0.1, -0.05) is 18.9 Å². The molecule has 2 aliphatic heterocycles. The molecule has 2 unspecified atom stereocenters. The fraction of sp³-hybridized carbons (Fsp3) is 0.650. The zero-order valence-electron chi connectivity index (χ0n) is 14.1. The van der Waals surface area contributed by atoms with E-state index in [0.29, 0.717) is 24.5 Å². The number of nitrogens with one attached hydrogen (secondary N) is 1. The highest BCUT2D eigenvalue weighted by molar-refractivity contribution is 5.92. The van der Waals surface area contributed by atoms with Crippen LogP contribution in [0.3, 0.4) is 0 Å². The number of rotatable bonds is 2. The van der Waals surface area contributed by atoms with E-state index < -0.39 is 17.1 Å². The highest BCUT2D eigenvalue weighted by Gasteiger charge is 2.73. The first-order valence-corrected chi connectivity index (χ1v) is 9.56. The second-order valence-corrected chi connectivity index (χ2v) is 8.78. The Labute approximate surface area is 146 Å². The molecule has 1 saturated heterocycles. The number of piperidine rings is 1. The van der Waals surface area contributed by atoms with Crippen LogP contribution in [0.2, 0.25) is 0 Å². The molecule has 1 aromatic rings. The zero-order chi connectivity index (χ0) is 17.0. The molecule has 1 spiro atoms. The summed E-state index contributed by atoms with van der Waals surface area (Å²) in [7, 11) is 0. The fourth-order valence-corrected chi connectivity index (χ4v) is 6.31. The van der Waals surface area contributed by atoms with Gasteiger partial charge in [-0.05, 0) is 49.8 Å². The molecule has 2 bridgehead atoms. The predicted molar refractivity (Wildman–Crippen MR) is 89.7 cm³/mol. The van der Waals surface area contributed by atoms with Crippen molar-refractivity contribution in [2.45, 2.75) is 61.7 Å². The van der Waals surface area contributed by atoms with Gasteiger partial charge in [0, 0.05) is 17.5 Å². The van der Waals surface area contributed by atoms with E-state index in [-0.39, 0.29) is 23.5 Å². The van der Waals surface area contributed by atoms with Gasteiger partial charge in [0.05, 0.1) is 11.0 Å². The van der Waals surface area contributed by atoms with E-state index in [0.717, 1.165) is 30.5 Å². The molecule has 0 aromatic heterocycles. The molecule has 1 aromatic carbocycles. The number of aliphatic hydroxyl groups is 1. The lowest BCUT2D eigenvalue weighted by molar-refractivity contribution is -0.177. The number of phenolic OH excluding ortho intramolecular Hbond substituents is 1. The Kier molecular flexibility index (Phi) is 2.55. The van der Waals surface area contributed by atoms with Gasteiger partial charge in [0.25, 0.3) is 0 Å². The zero-order valence-corrected chi connectivity index (χ0v) is 14.1. The van der Waals surface area contributed by atoms with Gasteiger partial charge in [-0.3, -0.25) is 4.79 Å². The van der Waals surface area contributed by atoms with Crippen molar-refractivity contribution in [2.24, 2.45) is 11.8 Å². The molecule has 3 fully saturated rings. The number of phenols is 1. The van der Waals surface area contributed by atoms with Gasteiger partial charge in [-0.2, -0.15) is 0 Å². The van der Waals surface area contributed by atoms with Crippen LogP contribution in [-0.4, -0.2) is 40.3 Å². The topological polar surface area (TPSA) is 78.8 Å². The van der Waals surface area contributed by atoms with Crippen LogP contribution in [0.15, 0.2) is 12.1 Å². The van der Waals surface area contributed by atoms with E-state index in [4.69, 9.17) is 4.74 Å². The lowest BCUT2D eigenvalue weighted by Gasteiger charge is -2.61. The molecule has 132 valence electrons. The number of carbonyl (C=O) groups is 1. The van der Waals surface area contributed by atoms with Crippen molar-refractivity contribution >= 4 is 5.78 Å². The summed E-state index contributed by atoms with van der Waals surface area (Å²) < 4.78 is 6.13. The van der Waals surface area contributed by atoms with Crippen LogP contribution in [0.5, 0.6) is 11.5 Å². The largest absolute Gasteiger partial charge is 0.504 e. The van der Waals surface area contributed by atoms with Crippen LogP contribution in [0.1, 0.15) is 43.2 Å². The van der Waals surface area contributed by atoms with E-state index in [1.165, 1.54) is 12.8 Å². The number of hydrogen-bond donors (Lipinski definition) is 3. The SMILES string of the molecule is O=C1C(CC2CC2)C[C@@]2(O)[C@H]3Cc4ccc(O)c5c4[C@@]2(CCN3)C1O5. The minimum Gasteiger partial charge on any atom is -0.504 e. The summed E-state index contributed by atoms with van der Waals surface area (Å²) in [6.45, 7) is 0.766. The van der Waals surface area contributed by atoms with Crippen LogP contribution in [0, 0.1) is 11.8 Å². The number of aromatic hydroxyl groups is 1. The van der Waals surface area contributed by atoms with E-state index in [2.05, 4.69) is 5.32 Å². The molecular formula is C20H23NO4. The van der Waals surface area contributed by atoms with Gasteiger partial charge in [-0.25, -0.2) is 0 Å². The first-order valence-electron chi connectivity index (χ1n) is 9.56. The van der Waals surface area contributed by atoms with Crippen LogP contribution < -0.4 is 10.1 Å². The number of ketones is 1. The van der Waals surface area contributed by atoms with Gasteiger partial charge < -0.3 is 20.3 Å². The van der Waals surface area contributed by atoms with E-state index in [1.807, 2.05) is 6.07 Å². The molecule has 2 heterocycles. The van der Waals surface area contributed by atoms with Gasteiger partial charge in [-0.15, -0.1) is 0 Å². The molecule has 3 aliphatic carbocycles. The van der Waals surface area contributed by atoms with Crippen molar-refractivity contribution in [3.05, 3.63) is 23.3 Å². The Morgan fingerprint density at radius 2 is 2.16 bits per heavy atom. The minimum absolute atomic E-state index is 0.0508. The Morgan fingerprint density at radius 1 is 1.32 bits per heavy atom. The number of Topliss-reactive ketones (excluding diaryl/α,β-unsaturated/α-hetero) is 1. The molecule has 5 aliphatic rings. The molecule has 3 N–H and O–H groups in total. The van der Waals surface area contributed by atoms with E-state index >= 15 is 0 Å². The summed E-state index contributed by atoms with van der Waals surface area (Å²) >= 11 is 0. The monoisotopic (exact) mass is 341 g/mol. The third-order valence-electron chi connectivity index (χ3n) is 7.57. The summed E-state index contributed by atoms with van der Waals surface area (Å²) in [4.78, 5) is 13.3. The van der Waals surface area contributed by atoms with Crippen LogP contribution in [-0.2, 0) is 16.6 Å². The molecule has 5 atom stereocenters. The van der Waals surface area contributed by atoms with Gasteiger partial charge in [0.1, 0.15) is 0 Å². The lowest BCUT2D eigenvalue weighted by atomic mass is 9.47. The van der Waals surface area contributed by atoms with Gasteiger partial charge in [0.15, 0.2) is 23.4 Å². The van der Waals surface area contributed by atoms with Crippen molar-refractivity contribution in [2.75, 3.05) is 6.54 Å².